The van der Waals surface area contributed by atoms with E-state index in [0.717, 1.165) is 18.4 Å². The number of para-hydroxylation sites is 2. The number of ether oxygens (including phenoxy) is 1. The lowest BCUT2D eigenvalue weighted by atomic mass is 10.1. The Morgan fingerprint density at radius 2 is 1.60 bits per heavy atom. The largest absolute Gasteiger partial charge is 0.492 e. The summed E-state index contributed by atoms with van der Waals surface area (Å²) in [5.74, 6) is 1.31. The van der Waals surface area contributed by atoms with Gasteiger partial charge in [0.25, 0.3) is 5.56 Å². The molecule has 0 amide bonds. The Labute approximate surface area is 184 Å². The molecule has 0 radical (unpaired) electrons. The second-order valence-electron chi connectivity index (χ2n) is 6.90. The summed E-state index contributed by atoms with van der Waals surface area (Å²) in [7, 11) is 0. The van der Waals surface area contributed by atoms with E-state index in [-0.39, 0.29) is 5.56 Å². The smallest absolute Gasteiger partial charge is 0.261 e. The molecule has 0 saturated carbocycles. The fraction of sp³-hybridized carbons (Fsp3) is 0.167. The van der Waals surface area contributed by atoms with E-state index in [1.165, 1.54) is 0 Å². The van der Waals surface area contributed by atoms with E-state index < -0.39 is 0 Å². The van der Waals surface area contributed by atoms with Gasteiger partial charge in [0, 0.05) is 17.1 Å². The molecular weight excluding hydrogens is 419 g/mol. The summed E-state index contributed by atoms with van der Waals surface area (Å²) in [5.41, 5.74) is 1.50. The zero-order valence-corrected chi connectivity index (χ0v) is 17.7. The maximum absolute atomic E-state index is 13.2. The number of halogens is 2. The number of aromatic nitrogens is 2. The highest BCUT2D eigenvalue weighted by Crippen LogP contribution is 2.24. The lowest BCUT2D eigenvalue weighted by Gasteiger charge is -2.14. The fourth-order valence-corrected chi connectivity index (χ4v) is 3.63. The monoisotopic (exact) mass is 438 g/mol. The molecule has 0 unspecified atom stereocenters. The molecule has 6 heteroatoms. The van der Waals surface area contributed by atoms with Crippen LogP contribution in [0.4, 0.5) is 0 Å². The molecule has 0 saturated heterocycles. The predicted octanol–water partition coefficient (Wildman–Crippen LogP) is 6.23. The van der Waals surface area contributed by atoms with E-state index in [4.69, 9.17) is 32.9 Å². The van der Waals surface area contributed by atoms with E-state index >= 15 is 0 Å². The summed E-state index contributed by atoms with van der Waals surface area (Å²) in [6.45, 7) is 1.07. The van der Waals surface area contributed by atoms with Gasteiger partial charge >= 0.3 is 0 Å². The van der Waals surface area contributed by atoms with Crippen molar-refractivity contribution < 1.29 is 4.74 Å². The Morgan fingerprint density at radius 1 is 0.867 bits per heavy atom. The van der Waals surface area contributed by atoms with Crippen LogP contribution in [0.5, 0.6) is 5.75 Å². The van der Waals surface area contributed by atoms with Gasteiger partial charge in [-0.2, -0.15) is 0 Å². The van der Waals surface area contributed by atoms with Gasteiger partial charge in [0.1, 0.15) is 11.6 Å². The second-order valence-corrected chi connectivity index (χ2v) is 7.75. The van der Waals surface area contributed by atoms with Crippen molar-refractivity contribution in [1.82, 2.24) is 9.55 Å². The standard InChI is InChI=1S/C24H20Cl2N2O2/c25-18-13-11-17(12-14-18)23-27-21-9-3-1-7-19(21)24(29)28(23)15-5-6-16-30-22-10-4-2-8-20(22)26/h1-4,7-14H,5-6,15-16H2. The van der Waals surface area contributed by atoms with Crippen LogP contribution in [0.15, 0.2) is 77.6 Å². The molecule has 4 rings (SSSR count). The average Bonchev–Trinajstić information content (AvgIpc) is 2.76. The van der Waals surface area contributed by atoms with Gasteiger partial charge in [0.2, 0.25) is 0 Å². The van der Waals surface area contributed by atoms with Crippen LogP contribution in [0.1, 0.15) is 12.8 Å². The van der Waals surface area contributed by atoms with Gasteiger partial charge in [-0.15, -0.1) is 0 Å². The summed E-state index contributed by atoms with van der Waals surface area (Å²) >= 11 is 12.2. The third-order valence-electron chi connectivity index (χ3n) is 4.83. The number of nitrogens with zero attached hydrogens (tertiary/aromatic N) is 2. The van der Waals surface area contributed by atoms with Crippen molar-refractivity contribution in [2.24, 2.45) is 0 Å². The minimum Gasteiger partial charge on any atom is -0.492 e. The van der Waals surface area contributed by atoms with Gasteiger partial charge in [-0.05, 0) is 61.4 Å². The van der Waals surface area contributed by atoms with Crippen molar-refractivity contribution in [3.8, 4) is 17.1 Å². The van der Waals surface area contributed by atoms with Crippen LogP contribution < -0.4 is 10.3 Å². The second kappa shape index (κ2) is 9.33. The average molecular weight is 439 g/mol. The molecule has 0 aliphatic rings. The lowest BCUT2D eigenvalue weighted by molar-refractivity contribution is 0.303. The minimum absolute atomic E-state index is 0.0439. The molecule has 4 aromatic rings. The first-order chi connectivity index (χ1) is 14.6. The van der Waals surface area contributed by atoms with Gasteiger partial charge in [0.05, 0.1) is 22.5 Å². The molecule has 3 aromatic carbocycles. The molecule has 4 nitrogen and oxygen atoms in total. The van der Waals surface area contributed by atoms with Crippen LogP contribution >= 0.6 is 23.2 Å². The van der Waals surface area contributed by atoms with E-state index in [1.807, 2.05) is 54.6 Å². The zero-order chi connectivity index (χ0) is 20.9. The minimum atomic E-state index is -0.0439. The van der Waals surface area contributed by atoms with E-state index in [1.54, 1.807) is 22.8 Å². The number of hydrogen-bond acceptors (Lipinski definition) is 3. The Morgan fingerprint density at radius 3 is 2.40 bits per heavy atom. The number of unbranched alkanes of at least 4 members (excludes halogenated alkanes) is 1. The molecule has 0 bridgehead atoms. The maximum Gasteiger partial charge on any atom is 0.261 e. The molecule has 0 N–H and O–H groups in total. The van der Waals surface area contributed by atoms with Crippen LogP contribution in [0, 0.1) is 0 Å². The predicted molar refractivity (Wildman–Crippen MR) is 123 cm³/mol. The summed E-state index contributed by atoms with van der Waals surface area (Å²) in [5, 5.41) is 1.85. The van der Waals surface area contributed by atoms with Crippen LogP contribution in [0.25, 0.3) is 22.3 Å². The van der Waals surface area contributed by atoms with Gasteiger partial charge in [-0.3, -0.25) is 9.36 Å². The molecule has 0 aliphatic heterocycles. The van der Waals surface area contributed by atoms with Crippen molar-refractivity contribution in [1.29, 1.82) is 0 Å². The SMILES string of the molecule is O=c1c2ccccc2nc(-c2ccc(Cl)cc2)n1CCCCOc1ccccc1Cl. The summed E-state index contributed by atoms with van der Waals surface area (Å²) in [6.07, 6.45) is 1.55. The molecule has 0 atom stereocenters. The molecule has 0 fully saturated rings. The summed E-state index contributed by atoms with van der Waals surface area (Å²) in [6, 6.07) is 22.2. The number of rotatable bonds is 7. The first-order valence-corrected chi connectivity index (χ1v) is 10.5. The molecule has 1 aromatic heterocycles. The third-order valence-corrected chi connectivity index (χ3v) is 5.40. The van der Waals surface area contributed by atoms with Crippen molar-refractivity contribution in [2.75, 3.05) is 6.61 Å². The summed E-state index contributed by atoms with van der Waals surface area (Å²) in [4.78, 5) is 17.9. The van der Waals surface area contributed by atoms with Crippen LogP contribution in [0.3, 0.4) is 0 Å². The number of fused-ring (bicyclic) bond motifs is 1. The highest BCUT2D eigenvalue weighted by atomic mass is 35.5. The lowest BCUT2D eigenvalue weighted by Crippen LogP contribution is -2.24. The number of hydrogen-bond donors (Lipinski definition) is 0. The van der Waals surface area contributed by atoms with Crippen LogP contribution in [-0.4, -0.2) is 16.2 Å². The molecule has 30 heavy (non-hydrogen) atoms. The van der Waals surface area contributed by atoms with Crippen LogP contribution in [0.2, 0.25) is 10.0 Å². The quantitative estimate of drug-likeness (QED) is 0.321. The summed E-state index contributed by atoms with van der Waals surface area (Å²) < 4.78 is 7.49. The molecule has 0 aliphatic carbocycles. The van der Waals surface area contributed by atoms with E-state index in [9.17, 15) is 4.79 Å². The Balaban J connectivity index is 1.55. The molecule has 1 heterocycles. The first kappa shape index (κ1) is 20.5. The van der Waals surface area contributed by atoms with Gasteiger partial charge in [0.15, 0.2) is 0 Å². The van der Waals surface area contributed by atoms with Gasteiger partial charge in [-0.1, -0.05) is 47.5 Å². The topological polar surface area (TPSA) is 44.1 Å². The van der Waals surface area contributed by atoms with E-state index in [0.29, 0.717) is 45.7 Å². The van der Waals surface area contributed by atoms with Gasteiger partial charge in [-0.25, -0.2) is 4.98 Å². The van der Waals surface area contributed by atoms with Crippen molar-refractivity contribution in [2.45, 2.75) is 19.4 Å². The number of benzene rings is 3. The maximum atomic E-state index is 13.2. The Kier molecular flexibility index (Phi) is 6.36. The van der Waals surface area contributed by atoms with Crippen molar-refractivity contribution in [3.05, 3.63) is 93.2 Å². The Bertz CT molecular complexity index is 1220. The molecular formula is C24H20Cl2N2O2. The van der Waals surface area contributed by atoms with Crippen molar-refractivity contribution >= 4 is 34.1 Å². The molecule has 0 spiro atoms. The molecule has 152 valence electrons. The van der Waals surface area contributed by atoms with Gasteiger partial charge < -0.3 is 4.74 Å². The van der Waals surface area contributed by atoms with Crippen LogP contribution in [-0.2, 0) is 6.54 Å². The van der Waals surface area contributed by atoms with E-state index in [2.05, 4.69) is 0 Å². The first-order valence-electron chi connectivity index (χ1n) is 9.76. The fourth-order valence-electron chi connectivity index (χ4n) is 3.31. The highest BCUT2D eigenvalue weighted by Gasteiger charge is 2.12. The zero-order valence-electron chi connectivity index (χ0n) is 16.2. The normalized spacial score (nSPS) is 11.0. The third kappa shape index (κ3) is 4.50. The highest BCUT2D eigenvalue weighted by molar-refractivity contribution is 6.32. The van der Waals surface area contributed by atoms with Crippen molar-refractivity contribution in [3.63, 3.8) is 0 Å². The Hall–Kier alpha value is -2.82.